The van der Waals surface area contributed by atoms with Crippen molar-refractivity contribution in [2.24, 2.45) is 0 Å². The summed E-state index contributed by atoms with van der Waals surface area (Å²) in [4.78, 5) is 10.9. The first kappa shape index (κ1) is 13.1. The summed E-state index contributed by atoms with van der Waals surface area (Å²) in [6.07, 6.45) is 0.220. The van der Waals surface area contributed by atoms with E-state index in [0.717, 1.165) is 0 Å². The summed E-state index contributed by atoms with van der Waals surface area (Å²) in [5.74, 6) is -0.412. The van der Waals surface area contributed by atoms with Crippen molar-refractivity contribution in [2.75, 3.05) is 19.8 Å². The normalized spacial score (nSPS) is 12.2. The summed E-state index contributed by atoms with van der Waals surface area (Å²) in [5, 5.41) is 9.11. The highest BCUT2D eigenvalue weighted by Crippen LogP contribution is 1.93. The number of ether oxygens (including phenoxy) is 2. The molecule has 0 aliphatic carbocycles. The van der Waals surface area contributed by atoms with E-state index in [1.807, 2.05) is 6.92 Å². The zero-order chi connectivity index (χ0) is 11.0. The van der Waals surface area contributed by atoms with Gasteiger partial charge in [0, 0.05) is 5.57 Å². The molecule has 0 saturated carbocycles. The molecule has 1 unspecified atom stereocenters. The lowest BCUT2D eigenvalue weighted by atomic mass is 10.3. The standard InChI is InChI=1S/C10H18O4/c1-4-9(11)7-13-5-6-14-10(12)8(2)3/h9,11H,2,4-7H2,1,3H3. The van der Waals surface area contributed by atoms with Crippen molar-refractivity contribution >= 4 is 5.97 Å². The van der Waals surface area contributed by atoms with Crippen LogP contribution in [-0.4, -0.2) is 37.0 Å². The monoisotopic (exact) mass is 202 g/mol. The van der Waals surface area contributed by atoms with Crippen LogP contribution in [0.5, 0.6) is 0 Å². The van der Waals surface area contributed by atoms with Gasteiger partial charge >= 0.3 is 5.97 Å². The second-order valence-corrected chi connectivity index (χ2v) is 3.05. The number of hydrogen-bond acceptors (Lipinski definition) is 4. The van der Waals surface area contributed by atoms with Crippen molar-refractivity contribution in [3.63, 3.8) is 0 Å². The third-order valence-corrected chi connectivity index (χ3v) is 1.59. The molecule has 0 aromatic carbocycles. The second kappa shape index (κ2) is 7.53. The van der Waals surface area contributed by atoms with Crippen molar-refractivity contribution in [2.45, 2.75) is 26.4 Å². The average Bonchev–Trinajstić information content (AvgIpc) is 2.16. The summed E-state index contributed by atoms with van der Waals surface area (Å²) in [6.45, 7) is 7.67. The molecule has 0 saturated heterocycles. The van der Waals surface area contributed by atoms with Crippen molar-refractivity contribution in [1.29, 1.82) is 0 Å². The highest BCUT2D eigenvalue weighted by Gasteiger charge is 2.03. The lowest BCUT2D eigenvalue weighted by molar-refractivity contribution is -0.140. The van der Waals surface area contributed by atoms with E-state index in [1.165, 1.54) is 0 Å². The lowest BCUT2D eigenvalue weighted by Gasteiger charge is -2.08. The molecule has 0 aliphatic rings. The Kier molecular flexibility index (Phi) is 7.06. The summed E-state index contributed by atoms with van der Waals surface area (Å²) in [5.41, 5.74) is 0.374. The molecule has 0 aromatic heterocycles. The Hall–Kier alpha value is -0.870. The summed E-state index contributed by atoms with van der Waals surface area (Å²) < 4.78 is 9.83. The maximum atomic E-state index is 10.9. The Morgan fingerprint density at radius 1 is 1.50 bits per heavy atom. The molecule has 0 amide bonds. The van der Waals surface area contributed by atoms with Gasteiger partial charge in [-0.3, -0.25) is 0 Å². The van der Waals surface area contributed by atoms with E-state index in [1.54, 1.807) is 6.92 Å². The maximum absolute atomic E-state index is 10.9. The van der Waals surface area contributed by atoms with Gasteiger partial charge in [0.05, 0.1) is 19.3 Å². The van der Waals surface area contributed by atoms with E-state index in [0.29, 0.717) is 18.6 Å². The van der Waals surface area contributed by atoms with Crippen LogP contribution in [0.25, 0.3) is 0 Å². The van der Waals surface area contributed by atoms with Gasteiger partial charge in [0.1, 0.15) is 6.61 Å². The molecule has 0 aromatic rings. The summed E-state index contributed by atoms with van der Waals surface area (Å²) in [6, 6.07) is 0. The SMILES string of the molecule is C=C(C)C(=O)OCCOCC(O)CC. The lowest BCUT2D eigenvalue weighted by Crippen LogP contribution is -2.17. The summed E-state index contributed by atoms with van der Waals surface area (Å²) >= 11 is 0. The maximum Gasteiger partial charge on any atom is 0.333 e. The molecule has 82 valence electrons. The number of carbonyl (C=O) groups is 1. The molecule has 1 atom stereocenters. The van der Waals surface area contributed by atoms with E-state index in [-0.39, 0.29) is 13.2 Å². The van der Waals surface area contributed by atoms with Crippen LogP contribution < -0.4 is 0 Å². The Balaban J connectivity index is 3.30. The Morgan fingerprint density at radius 3 is 2.64 bits per heavy atom. The van der Waals surface area contributed by atoms with Crippen molar-refractivity contribution in [3.05, 3.63) is 12.2 Å². The fourth-order valence-corrected chi connectivity index (χ4v) is 0.654. The van der Waals surface area contributed by atoms with Gasteiger partial charge in [-0.2, -0.15) is 0 Å². The minimum Gasteiger partial charge on any atom is -0.460 e. The van der Waals surface area contributed by atoms with E-state index in [9.17, 15) is 4.79 Å². The predicted molar refractivity (Wildman–Crippen MR) is 52.9 cm³/mol. The summed E-state index contributed by atoms with van der Waals surface area (Å²) in [7, 11) is 0. The molecule has 0 bridgehead atoms. The van der Waals surface area contributed by atoms with Crippen molar-refractivity contribution < 1.29 is 19.4 Å². The molecular formula is C10H18O4. The fraction of sp³-hybridized carbons (Fsp3) is 0.700. The average molecular weight is 202 g/mol. The smallest absolute Gasteiger partial charge is 0.333 e. The van der Waals surface area contributed by atoms with Gasteiger partial charge in [-0.25, -0.2) is 4.79 Å². The van der Waals surface area contributed by atoms with Crippen LogP contribution in [0.15, 0.2) is 12.2 Å². The van der Waals surface area contributed by atoms with Gasteiger partial charge in [-0.1, -0.05) is 13.5 Å². The zero-order valence-corrected chi connectivity index (χ0v) is 8.78. The first-order valence-corrected chi connectivity index (χ1v) is 4.66. The van der Waals surface area contributed by atoms with E-state index < -0.39 is 12.1 Å². The molecule has 0 radical (unpaired) electrons. The molecule has 14 heavy (non-hydrogen) atoms. The topological polar surface area (TPSA) is 55.8 Å². The van der Waals surface area contributed by atoms with Gasteiger partial charge in [0.15, 0.2) is 0 Å². The number of carbonyl (C=O) groups excluding carboxylic acids is 1. The van der Waals surface area contributed by atoms with Crippen LogP contribution in [0.2, 0.25) is 0 Å². The molecule has 0 fully saturated rings. The quantitative estimate of drug-likeness (QED) is 0.378. The Labute approximate surface area is 84.5 Å². The third kappa shape index (κ3) is 6.62. The number of aliphatic hydroxyl groups is 1. The molecule has 0 rings (SSSR count). The Morgan fingerprint density at radius 2 is 2.14 bits per heavy atom. The molecular weight excluding hydrogens is 184 g/mol. The van der Waals surface area contributed by atoms with E-state index in [4.69, 9.17) is 14.6 Å². The molecule has 0 spiro atoms. The molecule has 0 aliphatic heterocycles. The zero-order valence-electron chi connectivity index (χ0n) is 8.78. The number of hydrogen-bond donors (Lipinski definition) is 1. The first-order valence-electron chi connectivity index (χ1n) is 4.66. The third-order valence-electron chi connectivity index (χ3n) is 1.59. The van der Waals surface area contributed by atoms with Gasteiger partial charge in [-0.05, 0) is 13.3 Å². The van der Waals surface area contributed by atoms with E-state index >= 15 is 0 Å². The number of rotatable bonds is 7. The van der Waals surface area contributed by atoms with Crippen LogP contribution in [0, 0.1) is 0 Å². The minimum absolute atomic E-state index is 0.197. The van der Waals surface area contributed by atoms with Crippen LogP contribution in [0.4, 0.5) is 0 Å². The van der Waals surface area contributed by atoms with Crippen LogP contribution >= 0.6 is 0 Å². The first-order chi connectivity index (χ1) is 6.57. The van der Waals surface area contributed by atoms with Crippen molar-refractivity contribution in [1.82, 2.24) is 0 Å². The predicted octanol–water partition coefficient (Wildman–Crippen LogP) is 0.893. The highest BCUT2D eigenvalue weighted by atomic mass is 16.6. The van der Waals surface area contributed by atoms with Crippen LogP contribution in [0.3, 0.4) is 0 Å². The number of aliphatic hydroxyl groups excluding tert-OH is 1. The van der Waals surface area contributed by atoms with Crippen LogP contribution in [-0.2, 0) is 14.3 Å². The molecule has 0 heterocycles. The van der Waals surface area contributed by atoms with Gasteiger partial charge in [0.2, 0.25) is 0 Å². The largest absolute Gasteiger partial charge is 0.460 e. The van der Waals surface area contributed by atoms with E-state index in [2.05, 4.69) is 6.58 Å². The molecule has 4 heteroatoms. The molecule has 1 N–H and O–H groups in total. The number of esters is 1. The fourth-order valence-electron chi connectivity index (χ4n) is 0.654. The minimum atomic E-state index is -0.438. The van der Waals surface area contributed by atoms with Gasteiger partial charge in [-0.15, -0.1) is 0 Å². The van der Waals surface area contributed by atoms with Gasteiger partial charge in [0.25, 0.3) is 0 Å². The Bertz CT molecular complexity index is 189. The highest BCUT2D eigenvalue weighted by molar-refractivity contribution is 5.86. The van der Waals surface area contributed by atoms with Gasteiger partial charge < -0.3 is 14.6 Å². The second-order valence-electron chi connectivity index (χ2n) is 3.05. The van der Waals surface area contributed by atoms with Crippen LogP contribution in [0.1, 0.15) is 20.3 Å². The molecule has 4 nitrogen and oxygen atoms in total. The van der Waals surface area contributed by atoms with Crippen molar-refractivity contribution in [3.8, 4) is 0 Å².